The highest BCUT2D eigenvalue weighted by Crippen LogP contribution is 2.17. The molecule has 2 aromatic heterocycles. The maximum Gasteiger partial charge on any atom is 0.215 e. The Morgan fingerprint density at radius 1 is 1.19 bits per heavy atom. The summed E-state index contributed by atoms with van der Waals surface area (Å²) >= 11 is 0. The summed E-state index contributed by atoms with van der Waals surface area (Å²) in [6.07, 6.45) is 3.16. The van der Waals surface area contributed by atoms with Gasteiger partial charge in [0.15, 0.2) is 0 Å². The summed E-state index contributed by atoms with van der Waals surface area (Å²) in [6, 6.07) is 6.94. The van der Waals surface area contributed by atoms with E-state index in [0.29, 0.717) is 11.3 Å². The van der Waals surface area contributed by atoms with E-state index in [2.05, 4.69) is 9.97 Å². The van der Waals surface area contributed by atoms with Crippen LogP contribution in [0.15, 0.2) is 36.7 Å². The van der Waals surface area contributed by atoms with Crippen molar-refractivity contribution >= 4 is 11.6 Å². The normalized spacial score (nSPS) is 10.1. The lowest BCUT2D eigenvalue weighted by atomic mass is 10.0. The van der Waals surface area contributed by atoms with Gasteiger partial charge < -0.3 is 5.73 Å². The Balaban J connectivity index is 2.50. The molecule has 0 radical (unpaired) electrons. The van der Waals surface area contributed by atoms with Crippen LogP contribution in [0.1, 0.15) is 21.6 Å². The van der Waals surface area contributed by atoms with Crippen molar-refractivity contribution in [3.8, 4) is 0 Å². The van der Waals surface area contributed by atoms with Crippen molar-refractivity contribution in [1.29, 1.82) is 0 Å². The average molecular weight is 213 g/mol. The smallest absolute Gasteiger partial charge is 0.215 e. The van der Waals surface area contributed by atoms with Crippen LogP contribution >= 0.6 is 0 Å². The van der Waals surface area contributed by atoms with Gasteiger partial charge >= 0.3 is 0 Å². The van der Waals surface area contributed by atoms with Crippen LogP contribution in [0, 0.1) is 6.92 Å². The van der Waals surface area contributed by atoms with Gasteiger partial charge in [0.25, 0.3) is 0 Å². The molecule has 4 heteroatoms. The molecule has 0 bridgehead atoms. The topological polar surface area (TPSA) is 68.9 Å². The average Bonchev–Trinajstić information content (AvgIpc) is 2.30. The number of nitrogen functional groups attached to an aromatic ring is 1. The maximum atomic E-state index is 12.1. The van der Waals surface area contributed by atoms with Crippen molar-refractivity contribution in [3.05, 3.63) is 53.5 Å². The van der Waals surface area contributed by atoms with Crippen molar-refractivity contribution < 1.29 is 4.79 Å². The molecule has 0 fully saturated rings. The number of nitrogens with two attached hydrogens (primary N) is 1. The zero-order valence-corrected chi connectivity index (χ0v) is 8.84. The van der Waals surface area contributed by atoms with Crippen molar-refractivity contribution in [2.24, 2.45) is 0 Å². The molecule has 2 rings (SSSR count). The third-order valence-electron chi connectivity index (χ3n) is 2.31. The number of hydrogen-bond donors (Lipinski definition) is 1. The number of pyridine rings is 2. The molecular weight excluding hydrogens is 202 g/mol. The van der Waals surface area contributed by atoms with Gasteiger partial charge in [-0.1, -0.05) is 6.07 Å². The first kappa shape index (κ1) is 10.3. The number of carbonyl (C=O) groups excluding carboxylic acids is 1. The van der Waals surface area contributed by atoms with Crippen LogP contribution in [0.5, 0.6) is 0 Å². The van der Waals surface area contributed by atoms with Crippen molar-refractivity contribution in [1.82, 2.24) is 9.97 Å². The lowest BCUT2D eigenvalue weighted by molar-refractivity contribution is 0.103. The number of anilines is 1. The predicted molar refractivity (Wildman–Crippen MR) is 61.1 cm³/mol. The summed E-state index contributed by atoms with van der Waals surface area (Å²) in [7, 11) is 0. The second-order valence-electron chi connectivity index (χ2n) is 3.43. The van der Waals surface area contributed by atoms with Crippen LogP contribution in [0.2, 0.25) is 0 Å². The maximum absolute atomic E-state index is 12.1. The molecule has 0 atom stereocenters. The zero-order chi connectivity index (χ0) is 11.5. The molecular formula is C12H11N3O. The molecule has 0 aliphatic heterocycles. The van der Waals surface area contributed by atoms with E-state index in [1.807, 2.05) is 6.92 Å². The summed E-state index contributed by atoms with van der Waals surface area (Å²) in [5, 5.41) is 0. The number of ketones is 1. The van der Waals surface area contributed by atoms with Crippen LogP contribution in [-0.4, -0.2) is 15.8 Å². The lowest BCUT2D eigenvalue weighted by Crippen LogP contribution is -2.10. The second-order valence-corrected chi connectivity index (χ2v) is 3.43. The molecule has 16 heavy (non-hydrogen) atoms. The molecule has 80 valence electrons. The Hall–Kier alpha value is -2.23. The van der Waals surface area contributed by atoms with Gasteiger partial charge in [-0.2, -0.15) is 0 Å². The van der Waals surface area contributed by atoms with Gasteiger partial charge in [0.1, 0.15) is 11.5 Å². The number of aromatic nitrogens is 2. The standard InChI is InChI=1S/C12H11N3O/c1-8-5-7-15-12(13)10(8)11(16)9-4-2-3-6-14-9/h2-7H,1H3,(H2,13,15). The van der Waals surface area contributed by atoms with Crippen LogP contribution in [0.4, 0.5) is 5.82 Å². The highest BCUT2D eigenvalue weighted by Gasteiger charge is 2.16. The predicted octanol–water partition coefficient (Wildman–Crippen LogP) is 1.60. The molecule has 0 saturated heterocycles. The number of hydrogen-bond acceptors (Lipinski definition) is 4. The minimum atomic E-state index is -0.191. The van der Waals surface area contributed by atoms with Crippen molar-refractivity contribution in [2.45, 2.75) is 6.92 Å². The minimum Gasteiger partial charge on any atom is -0.383 e. The third kappa shape index (κ3) is 1.77. The highest BCUT2D eigenvalue weighted by atomic mass is 16.1. The molecule has 0 amide bonds. The van der Waals surface area contributed by atoms with Gasteiger partial charge in [-0.05, 0) is 30.7 Å². The van der Waals surface area contributed by atoms with Crippen LogP contribution in [0.3, 0.4) is 0 Å². The number of rotatable bonds is 2. The Morgan fingerprint density at radius 3 is 2.62 bits per heavy atom. The van der Waals surface area contributed by atoms with E-state index in [0.717, 1.165) is 5.56 Å². The van der Waals surface area contributed by atoms with Crippen molar-refractivity contribution in [3.63, 3.8) is 0 Å². The Bertz CT molecular complexity index is 503. The summed E-state index contributed by atoms with van der Waals surface area (Å²) in [4.78, 5) is 20.0. The molecule has 2 N–H and O–H groups in total. The van der Waals surface area contributed by atoms with Crippen LogP contribution in [-0.2, 0) is 0 Å². The Morgan fingerprint density at radius 2 is 2.00 bits per heavy atom. The molecule has 2 aromatic rings. The van der Waals surface area contributed by atoms with Gasteiger partial charge in [0, 0.05) is 12.4 Å². The quantitative estimate of drug-likeness (QED) is 0.769. The fourth-order valence-corrected chi connectivity index (χ4v) is 1.50. The summed E-state index contributed by atoms with van der Waals surface area (Å²) < 4.78 is 0. The molecule has 0 aromatic carbocycles. The fraction of sp³-hybridized carbons (Fsp3) is 0.0833. The van der Waals surface area contributed by atoms with E-state index in [9.17, 15) is 4.79 Å². The first-order chi connectivity index (χ1) is 7.70. The summed E-state index contributed by atoms with van der Waals surface area (Å²) in [6.45, 7) is 1.83. The van der Waals surface area contributed by atoms with E-state index in [4.69, 9.17) is 5.73 Å². The lowest BCUT2D eigenvalue weighted by Gasteiger charge is -2.06. The SMILES string of the molecule is Cc1ccnc(N)c1C(=O)c1ccccn1. The zero-order valence-electron chi connectivity index (χ0n) is 8.84. The highest BCUT2D eigenvalue weighted by molar-refractivity contribution is 6.11. The number of aryl methyl sites for hydroxylation is 1. The molecule has 0 saturated carbocycles. The first-order valence-electron chi connectivity index (χ1n) is 4.87. The van der Waals surface area contributed by atoms with Gasteiger partial charge in [-0.3, -0.25) is 9.78 Å². The van der Waals surface area contributed by atoms with Gasteiger partial charge in [0.05, 0.1) is 5.56 Å². The van der Waals surface area contributed by atoms with Crippen molar-refractivity contribution in [2.75, 3.05) is 5.73 Å². The number of nitrogens with zero attached hydrogens (tertiary/aromatic N) is 2. The second kappa shape index (κ2) is 4.10. The van der Waals surface area contributed by atoms with E-state index in [1.54, 1.807) is 36.7 Å². The summed E-state index contributed by atoms with van der Waals surface area (Å²) in [5.41, 5.74) is 7.32. The molecule has 0 aliphatic carbocycles. The minimum absolute atomic E-state index is 0.191. The van der Waals surface area contributed by atoms with Gasteiger partial charge in [-0.25, -0.2) is 4.98 Å². The van der Waals surface area contributed by atoms with Crippen LogP contribution in [0.25, 0.3) is 0 Å². The molecule has 0 unspecified atom stereocenters. The van der Waals surface area contributed by atoms with Gasteiger partial charge in [0.2, 0.25) is 5.78 Å². The number of carbonyl (C=O) groups is 1. The molecule has 0 aliphatic rings. The first-order valence-corrected chi connectivity index (χ1v) is 4.87. The van der Waals surface area contributed by atoms with E-state index in [1.165, 1.54) is 0 Å². The van der Waals surface area contributed by atoms with Crippen LogP contribution < -0.4 is 5.73 Å². The molecule has 2 heterocycles. The third-order valence-corrected chi connectivity index (χ3v) is 2.31. The molecule has 4 nitrogen and oxygen atoms in total. The fourth-order valence-electron chi connectivity index (χ4n) is 1.50. The van der Waals surface area contributed by atoms with E-state index < -0.39 is 0 Å². The monoisotopic (exact) mass is 213 g/mol. The molecule has 0 spiro atoms. The van der Waals surface area contributed by atoms with E-state index >= 15 is 0 Å². The summed E-state index contributed by atoms with van der Waals surface area (Å²) in [5.74, 6) is 0.0550. The van der Waals surface area contributed by atoms with E-state index in [-0.39, 0.29) is 11.6 Å². The largest absolute Gasteiger partial charge is 0.383 e. The Kier molecular flexibility index (Phi) is 2.64. The van der Waals surface area contributed by atoms with Gasteiger partial charge in [-0.15, -0.1) is 0 Å². The Labute approximate surface area is 93.2 Å².